The lowest BCUT2D eigenvalue weighted by atomic mass is 9.91. The average Bonchev–Trinajstić information content (AvgIpc) is 2.66. The van der Waals surface area contributed by atoms with Crippen molar-refractivity contribution in [2.24, 2.45) is 11.8 Å². The van der Waals surface area contributed by atoms with Gasteiger partial charge in [-0.1, -0.05) is 26.0 Å². The first kappa shape index (κ1) is 20.2. The van der Waals surface area contributed by atoms with Gasteiger partial charge >= 0.3 is 12.0 Å². The quantitative estimate of drug-likeness (QED) is 0.759. The maximum absolute atomic E-state index is 12.6. The van der Waals surface area contributed by atoms with Crippen molar-refractivity contribution in [1.29, 1.82) is 0 Å². The number of urea groups is 1. The number of nitrogens with zero attached hydrogens (tertiary/aromatic N) is 1. The van der Waals surface area contributed by atoms with E-state index in [0.29, 0.717) is 35.4 Å². The number of piperidine rings is 1. The molecule has 0 saturated carbocycles. The first-order chi connectivity index (χ1) is 13.4. The molecule has 7 nitrogen and oxygen atoms in total. The number of rotatable bonds is 5. The van der Waals surface area contributed by atoms with Gasteiger partial charge in [-0.3, -0.25) is 4.90 Å². The van der Waals surface area contributed by atoms with Crippen LogP contribution >= 0.6 is 0 Å². The molecule has 1 aromatic carbocycles. The van der Waals surface area contributed by atoms with Gasteiger partial charge in [0.15, 0.2) is 0 Å². The van der Waals surface area contributed by atoms with Crippen molar-refractivity contribution in [2.75, 3.05) is 33.9 Å². The third-order valence-corrected chi connectivity index (χ3v) is 5.33. The Morgan fingerprint density at radius 1 is 1.14 bits per heavy atom. The fourth-order valence-electron chi connectivity index (χ4n) is 4.28. The van der Waals surface area contributed by atoms with Crippen LogP contribution in [0.4, 0.5) is 4.79 Å². The summed E-state index contributed by atoms with van der Waals surface area (Å²) in [5.74, 6) is 1.44. The number of esters is 1. The van der Waals surface area contributed by atoms with Crippen LogP contribution in [0.25, 0.3) is 0 Å². The summed E-state index contributed by atoms with van der Waals surface area (Å²) in [6.07, 6.45) is 1.20. The molecule has 0 aromatic heterocycles. The van der Waals surface area contributed by atoms with E-state index in [1.807, 2.05) is 24.3 Å². The van der Waals surface area contributed by atoms with E-state index in [0.717, 1.165) is 18.7 Å². The lowest BCUT2D eigenvalue weighted by molar-refractivity contribution is -0.136. The van der Waals surface area contributed by atoms with Crippen molar-refractivity contribution >= 4 is 12.0 Å². The highest BCUT2D eigenvalue weighted by molar-refractivity contribution is 5.95. The SMILES string of the molecule is COC(=O)C1=C(CN2CC(C)CC(C)C2)NC(=O)NC1c1ccc(OC)cc1. The fourth-order valence-corrected chi connectivity index (χ4v) is 4.28. The molecule has 2 amide bonds. The summed E-state index contributed by atoms with van der Waals surface area (Å²) >= 11 is 0. The second-order valence-electron chi connectivity index (χ2n) is 7.83. The van der Waals surface area contributed by atoms with Crippen LogP contribution in [0.15, 0.2) is 35.5 Å². The highest BCUT2D eigenvalue weighted by Crippen LogP contribution is 2.30. The summed E-state index contributed by atoms with van der Waals surface area (Å²) in [6, 6.07) is 6.43. The molecule has 2 aliphatic rings. The van der Waals surface area contributed by atoms with Gasteiger partial charge in [-0.25, -0.2) is 9.59 Å². The maximum atomic E-state index is 12.6. The second-order valence-corrected chi connectivity index (χ2v) is 7.83. The molecule has 0 aliphatic carbocycles. The lowest BCUT2D eigenvalue weighted by Gasteiger charge is -2.37. The van der Waals surface area contributed by atoms with Crippen LogP contribution in [0.5, 0.6) is 5.75 Å². The fraction of sp³-hybridized carbons (Fsp3) is 0.524. The second kappa shape index (κ2) is 8.65. The molecule has 3 atom stereocenters. The van der Waals surface area contributed by atoms with Crippen LogP contribution in [-0.2, 0) is 9.53 Å². The van der Waals surface area contributed by atoms with Crippen molar-refractivity contribution in [3.63, 3.8) is 0 Å². The molecule has 2 aliphatic heterocycles. The van der Waals surface area contributed by atoms with Gasteiger partial charge < -0.3 is 20.1 Å². The number of carbonyl (C=O) groups is 2. The summed E-state index contributed by atoms with van der Waals surface area (Å²) in [5, 5.41) is 5.70. The van der Waals surface area contributed by atoms with Crippen LogP contribution in [0.3, 0.4) is 0 Å². The summed E-state index contributed by atoms with van der Waals surface area (Å²) in [7, 11) is 2.96. The molecule has 3 rings (SSSR count). The molecular weight excluding hydrogens is 358 g/mol. The molecule has 1 fully saturated rings. The highest BCUT2D eigenvalue weighted by atomic mass is 16.5. The largest absolute Gasteiger partial charge is 0.497 e. The molecule has 1 aromatic rings. The highest BCUT2D eigenvalue weighted by Gasteiger charge is 2.35. The van der Waals surface area contributed by atoms with Gasteiger partial charge in [-0.15, -0.1) is 0 Å². The third kappa shape index (κ3) is 4.47. The zero-order valence-corrected chi connectivity index (χ0v) is 17.0. The van der Waals surface area contributed by atoms with Gasteiger partial charge in [0.25, 0.3) is 0 Å². The molecular formula is C21H29N3O4. The Labute approximate surface area is 166 Å². The summed E-state index contributed by atoms with van der Waals surface area (Å²) in [6.45, 7) is 6.87. The van der Waals surface area contributed by atoms with Crippen LogP contribution in [-0.4, -0.2) is 50.8 Å². The minimum absolute atomic E-state index is 0.318. The Morgan fingerprint density at radius 2 is 1.79 bits per heavy atom. The summed E-state index contributed by atoms with van der Waals surface area (Å²) < 4.78 is 10.3. The monoisotopic (exact) mass is 387 g/mol. The minimum atomic E-state index is -0.568. The number of amides is 2. The van der Waals surface area contributed by atoms with Gasteiger partial charge in [-0.05, 0) is 36.0 Å². The number of hydrogen-bond donors (Lipinski definition) is 2. The third-order valence-electron chi connectivity index (χ3n) is 5.33. The van der Waals surface area contributed by atoms with Crippen LogP contribution in [0.1, 0.15) is 31.9 Å². The van der Waals surface area contributed by atoms with E-state index in [4.69, 9.17) is 9.47 Å². The predicted octanol–water partition coefficient (Wildman–Crippen LogP) is 2.45. The van der Waals surface area contributed by atoms with Crippen molar-refractivity contribution in [2.45, 2.75) is 26.3 Å². The van der Waals surface area contributed by atoms with Gasteiger partial charge in [-0.2, -0.15) is 0 Å². The molecule has 0 radical (unpaired) electrons. The van der Waals surface area contributed by atoms with Crippen LogP contribution in [0, 0.1) is 11.8 Å². The summed E-state index contributed by atoms with van der Waals surface area (Å²) in [4.78, 5) is 27.3. The standard InChI is InChI=1S/C21H29N3O4/c1-13-9-14(2)11-24(10-13)12-17-18(20(25)28-4)19(23-21(26)22-17)15-5-7-16(27-3)8-6-15/h5-8,13-14,19H,9-12H2,1-4H3,(H2,22,23,26). The zero-order valence-electron chi connectivity index (χ0n) is 17.0. The molecule has 28 heavy (non-hydrogen) atoms. The molecule has 0 spiro atoms. The molecule has 7 heteroatoms. The Hall–Kier alpha value is -2.54. The van der Waals surface area contributed by atoms with Crippen molar-refractivity contribution < 1.29 is 19.1 Å². The number of nitrogens with one attached hydrogen (secondary N) is 2. The Bertz CT molecular complexity index is 749. The molecule has 0 bridgehead atoms. The first-order valence-corrected chi connectivity index (χ1v) is 9.66. The maximum Gasteiger partial charge on any atom is 0.338 e. The Kier molecular flexibility index (Phi) is 6.24. The van der Waals surface area contributed by atoms with Crippen molar-refractivity contribution in [1.82, 2.24) is 15.5 Å². The van der Waals surface area contributed by atoms with E-state index in [9.17, 15) is 9.59 Å². The Balaban J connectivity index is 1.95. The normalized spacial score (nSPS) is 25.7. The van der Waals surface area contributed by atoms with Crippen LogP contribution < -0.4 is 15.4 Å². The van der Waals surface area contributed by atoms with Crippen LogP contribution in [0.2, 0.25) is 0 Å². The smallest absolute Gasteiger partial charge is 0.338 e. The molecule has 2 N–H and O–H groups in total. The predicted molar refractivity (Wildman–Crippen MR) is 106 cm³/mol. The number of benzene rings is 1. The van der Waals surface area contributed by atoms with Gasteiger partial charge in [0.1, 0.15) is 5.75 Å². The summed E-state index contributed by atoms with van der Waals surface area (Å²) in [5.41, 5.74) is 1.85. The van der Waals surface area contributed by atoms with E-state index >= 15 is 0 Å². The van der Waals surface area contributed by atoms with Gasteiger partial charge in [0.2, 0.25) is 0 Å². The van der Waals surface area contributed by atoms with E-state index in [2.05, 4.69) is 29.4 Å². The zero-order chi connectivity index (χ0) is 20.3. The number of ether oxygens (including phenoxy) is 2. The number of carbonyl (C=O) groups excluding carboxylic acids is 2. The van der Waals surface area contributed by atoms with Crippen molar-refractivity contribution in [3.8, 4) is 5.75 Å². The topological polar surface area (TPSA) is 79.9 Å². The average molecular weight is 387 g/mol. The Morgan fingerprint density at radius 3 is 2.36 bits per heavy atom. The van der Waals surface area contributed by atoms with Gasteiger partial charge in [0.05, 0.1) is 25.8 Å². The lowest BCUT2D eigenvalue weighted by Crippen LogP contribution is -2.50. The minimum Gasteiger partial charge on any atom is -0.497 e. The number of hydrogen-bond acceptors (Lipinski definition) is 5. The number of likely N-dealkylation sites (tertiary alicyclic amines) is 1. The van der Waals surface area contributed by atoms with E-state index < -0.39 is 12.0 Å². The van der Waals surface area contributed by atoms with E-state index in [1.165, 1.54) is 13.5 Å². The van der Waals surface area contributed by atoms with E-state index in [-0.39, 0.29) is 6.03 Å². The molecule has 1 saturated heterocycles. The van der Waals surface area contributed by atoms with E-state index in [1.54, 1.807) is 7.11 Å². The first-order valence-electron chi connectivity index (χ1n) is 9.66. The van der Waals surface area contributed by atoms with Crippen molar-refractivity contribution in [3.05, 3.63) is 41.1 Å². The molecule has 2 heterocycles. The number of methoxy groups -OCH3 is 2. The molecule has 3 unspecified atom stereocenters. The van der Waals surface area contributed by atoms with Gasteiger partial charge in [0, 0.05) is 25.3 Å². The molecule has 152 valence electrons.